The third-order valence-electron chi connectivity index (χ3n) is 2.84. The van der Waals surface area contributed by atoms with Gasteiger partial charge in [0.15, 0.2) is 0 Å². The number of aromatic nitrogens is 2. The largest absolute Gasteiger partial charge is 0.352 e. The fourth-order valence-electron chi connectivity index (χ4n) is 1.74. The minimum absolute atomic E-state index is 0.0784. The number of carbonyl (C=O) groups is 2. The van der Waals surface area contributed by atoms with Crippen molar-refractivity contribution in [3.63, 3.8) is 0 Å². The maximum absolute atomic E-state index is 11.7. The highest BCUT2D eigenvalue weighted by Crippen LogP contribution is 2.17. The average Bonchev–Trinajstić information content (AvgIpc) is 2.86. The third-order valence-corrected chi connectivity index (χ3v) is 3.74. The number of urea groups is 1. The van der Waals surface area contributed by atoms with E-state index in [9.17, 15) is 9.59 Å². The molecule has 3 amide bonds. The Balaban J connectivity index is 2.17. The first kappa shape index (κ1) is 17.4. The van der Waals surface area contributed by atoms with E-state index in [2.05, 4.69) is 27.8 Å². The van der Waals surface area contributed by atoms with Crippen LogP contribution in [0.25, 0.3) is 0 Å². The van der Waals surface area contributed by atoms with Crippen molar-refractivity contribution < 1.29 is 9.59 Å². The highest BCUT2D eigenvalue weighted by atomic mass is 32.1. The van der Waals surface area contributed by atoms with Crippen molar-refractivity contribution in [2.45, 2.75) is 51.9 Å². The van der Waals surface area contributed by atoms with E-state index in [1.54, 1.807) is 0 Å². The predicted molar refractivity (Wildman–Crippen MR) is 83.2 cm³/mol. The maximum Gasteiger partial charge on any atom is 0.312 e. The Hall–Kier alpha value is -1.70. The van der Waals surface area contributed by atoms with Crippen molar-refractivity contribution in [2.75, 3.05) is 11.9 Å². The first-order valence-corrected chi connectivity index (χ1v) is 8.09. The number of primary amides is 1. The van der Waals surface area contributed by atoms with Crippen molar-refractivity contribution >= 4 is 28.4 Å². The maximum atomic E-state index is 11.7. The Bertz CT molecular complexity index is 450. The van der Waals surface area contributed by atoms with Crippen molar-refractivity contribution in [1.29, 1.82) is 0 Å². The van der Waals surface area contributed by atoms with Gasteiger partial charge >= 0.3 is 6.03 Å². The van der Waals surface area contributed by atoms with Crippen LogP contribution < -0.4 is 16.4 Å². The summed E-state index contributed by atoms with van der Waals surface area (Å²) in [7, 11) is 0. The molecule has 0 spiro atoms. The van der Waals surface area contributed by atoms with Crippen LogP contribution in [0.15, 0.2) is 0 Å². The lowest BCUT2D eigenvalue weighted by Crippen LogP contribution is -2.30. The second-order valence-electron chi connectivity index (χ2n) is 4.75. The van der Waals surface area contributed by atoms with E-state index < -0.39 is 6.03 Å². The molecule has 0 fully saturated rings. The second-order valence-corrected chi connectivity index (χ2v) is 5.82. The molecule has 0 aromatic carbocycles. The van der Waals surface area contributed by atoms with Gasteiger partial charge in [0.2, 0.25) is 11.0 Å². The number of nitrogens with two attached hydrogens (primary N) is 1. The first-order valence-electron chi connectivity index (χ1n) is 7.27. The van der Waals surface area contributed by atoms with Crippen LogP contribution in [0.2, 0.25) is 0 Å². The molecule has 0 saturated carbocycles. The molecule has 0 aliphatic carbocycles. The third kappa shape index (κ3) is 8.23. The lowest BCUT2D eigenvalue weighted by Gasteiger charge is -2.02. The predicted octanol–water partition coefficient (Wildman–Crippen LogP) is 2.05. The SMILES string of the molecule is CCCCCc1nnc(NC(=O)CCCCNC(N)=O)s1. The molecule has 4 N–H and O–H groups in total. The summed E-state index contributed by atoms with van der Waals surface area (Å²) < 4.78 is 0. The smallest absolute Gasteiger partial charge is 0.312 e. The number of anilines is 1. The zero-order chi connectivity index (χ0) is 15.5. The number of rotatable bonds is 10. The van der Waals surface area contributed by atoms with Gasteiger partial charge < -0.3 is 16.4 Å². The molecule has 0 saturated heterocycles. The van der Waals surface area contributed by atoms with E-state index >= 15 is 0 Å². The Kier molecular flexibility index (Phi) is 8.34. The zero-order valence-corrected chi connectivity index (χ0v) is 13.2. The Labute approximate surface area is 128 Å². The van der Waals surface area contributed by atoms with Crippen LogP contribution in [0.5, 0.6) is 0 Å². The number of nitrogens with zero attached hydrogens (tertiary/aromatic N) is 2. The van der Waals surface area contributed by atoms with Gasteiger partial charge in [-0.3, -0.25) is 4.79 Å². The summed E-state index contributed by atoms with van der Waals surface area (Å²) in [6.45, 7) is 2.65. The number of amides is 3. The van der Waals surface area contributed by atoms with Crippen LogP contribution in [0, 0.1) is 0 Å². The number of nitrogens with one attached hydrogen (secondary N) is 2. The van der Waals surface area contributed by atoms with Crippen LogP contribution in [0.3, 0.4) is 0 Å². The molecular formula is C13H23N5O2S. The molecular weight excluding hydrogens is 290 g/mol. The highest BCUT2D eigenvalue weighted by molar-refractivity contribution is 7.15. The van der Waals surface area contributed by atoms with Crippen molar-refractivity contribution in [1.82, 2.24) is 15.5 Å². The zero-order valence-electron chi connectivity index (χ0n) is 12.4. The Morgan fingerprint density at radius 2 is 2.00 bits per heavy atom. The number of aryl methyl sites for hydroxylation is 1. The molecule has 0 atom stereocenters. The van der Waals surface area contributed by atoms with Crippen LogP contribution in [0.4, 0.5) is 9.93 Å². The molecule has 118 valence electrons. The van der Waals surface area contributed by atoms with Crippen molar-refractivity contribution in [3.05, 3.63) is 5.01 Å². The van der Waals surface area contributed by atoms with Gasteiger partial charge in [-0.05, 0) is 19.3 Å². The summed E-state index contributed by atoms with van der Waals surface area (Å²) in [6.07, 6.45) is 6.17. The lowest BCUT2D eigenvalue weighted by molar-refractivity contribution is -0.116. The topological polar surface area (TPSA) is 110 Å². The molecule has 0 radical (unpaired) electrons. The standard InChI is InChI=1S/C13H23N5O2S/c1-2-3-4-8-11-17-18-13(21-11)16-10(19)7-5-6-9-15-12(14)20/h2-9H2,1H3,(H3,14,15,20)(H,16,18,19). The van der Waals surface area contributed by atoms with Gasteiger partial charge in [-0.15, -0.1) is 10.2 Å². The molecule has 0 unspecified atom stereocenters. The van der Waals surface area contributed by atoms with Gasteiger partial charge in [-0.1, -0.05) is 31.1 Å². The fraction of sp³-hybridized carbons (Fsp3) is 0.692. The summed E-state index contributed by atoms with van der Waals surface area (Å²) in [5.74, 6) is -0.0784. The van der Waals surface area contributed by atoms with Crippen molar-refractivity contribution in [2.24, 2.45) is 5.73 Å². The molecule has 1 rings (SSSR count). The van der Waals surface area contributed by atoms with E-state index in [0.717, 1.165) is 24.3 Å². The molecule has 8 heteroatoms. The van der Waals surface area contributed by atoms with Crippen molar-refractivity contribution in [3.8, 4) is 0 Å². The summed E-state index contributed by atoms with van der Waals surface area (Å²) in [5.41, 5.74) is 4.94. The van der Waals surface area contributed by atoms with Gasteiger partial charge in [0.05, 0.1) is 0 Å². The highest BCUT2D eigenvalue weighted by Gasteiger charge is 2.08. The summed E-state index contributed by atoms with van der Waals surface area (Å²) in [6, 6.07) is -0.538. The van der Waals surface area contributed by atoms with E-state index in [1.807, 2.05) is 0 Å². The first-order chi connectivity index (χ1) is 10.1. The van der Waals surface area contributed by atoms with Gasteiger partial charge in [0.1, 0.15) is 5.01 Å². The molecule has 7 nitrogen and oxygen atoms in total. The molecule has 1 heterocycles. The number of hydrogen-bond acceptors (Lipinski definition) is 5. The number of unbranched alkanes of at least 4 members (excludes halogenated alkanes) is 3. The lowest BCUT2D eigenvalue weighted by atomic mass is 10.2. The van der Waals surface area contributed by atoms with Crippen LogP contribution in [0.1, 0.15) is 50.5 Å². The van der Waals surface area contributed by atoms with Gasteiger partial charge in [0, 0.05) is 19.4 Å². The van der Waals surface area contributed by atoms with Crippen LogP contribution in [-0.4, -0.2) is 28.7 Å². The summed E-state index contributed by atoms with van der Waals surface area (Å²) in [5, 5.41) is 14.8. The molecule has 0 aliphatic rings. The summed E-state index contributed by atoms with van der Waals surface area (Å²) >= 11 is 1.43. The normalized spacial score (nSPS) is 10.3. The monoisotopic (exact) mass is 313 g/mol. The van der Waals surface area contributed by atoms with E-state index in [1.165, 1.54) is 24.2 Å². The minimum Gasteiger partial charge on any atom is -0.352 e. The second kappa shape index (κ2) is 10.1. The Morgan fingerprint density at radius 1 is 1.19 bits per heavy atom. The molecule has 1 aromatic rings. The fourth-order valence-corrected chi connectivity index (χ4v) is 2.53. The average molecular weight is 313 g/mol. The number of carbonyl (C=O) groups excluding carboxylic acids is 2. The van der Waals surface area contributed by atoms with E-state index in [4.69, 9.17) is 5.73 Å². The molecule has 1 aromatic heterocycles. The molecule has 0 bridgehead atoms. The van der Waals surface area contributed by atoms with Gasteiger partial charge in [-0.25, -0.2) is 4.79 Å². The van der Waals surface area contributed by atoms with E-state index in [-0.39, 0.29) is 5.91 Å². The summed E-state index contributed by atoms with van der Waals surface area (Å²) in [4.78, 5) is 22.1. The molecule has 21 heavy (non-hydrogen) atoms. The molecule has 0 aliphatic heterocycles. The minimum atomic E-state index is -0.538. The van der Waals surface area contributed by atoms with Gasteiger partial charge in [-0.2, -0.15) is 0 Å². The van der Waals surface area contributed by atoms with E-state index in [0.29, 0.717) is 24.5 Å². The van der Waals surface area contributed by atoms with Gasteiger partial charge in [0.25, 0.3) is 0 Å². The van der Waals surface area contributed by atoms with Crippen LogP contribution in [-0.2, 0) is 11.2 Å². The Morgan fingerprint density at radius 3 is 2.71 bits per heavy atom. The number of hydrogen-bond donors (Lipinski definition) is 3. The quantitative estimate of drug-likeness (QED) is 0.574. The van der Waals surface area contributed by atoms with Crippen LogP contribution >= 0.6 is 11.3 Å².